The molecule has 0 unspecified atom stereocenters. The summed E-state index contributed by atoms with van der Waals surface area (Å²) in [6.07, 6.45) is 7.32. The zero-order valence-electron chi connectivity index (χ0n) is 14.5. The fourth-order valence-electron chi connectivity index (χ4n) is 3.29. The third-order valence-corrected chi connectivity index (χ3v) is 4.45. The number of carbonyl (C=O) groups excluding carboxylic acids is 1. The van der Waals surface area contributed by atoms with E-state index in [1.807, 2.05) is 6.92 Å². The molecule has 7 nitrogen and oxygen atoms in total. The zero-order chi connectivity index (χ0) is 17.1. The molecule has 0 spiro atoms. The quantitative estimate of drug-likeness (QED) is 0.879. The van der Waals surface area contributed by atoms with Gasteiger partial charge in [0.25, 0.3) is 5.91 Å². The van der Waals surface area contributed by atoms with Gasteiger partial charge in [-0.3, -0.25) is 4.79 Å². The number of hydrogen-bond acceptors (Lipinski definition) is 5. The maximum atomic E-state index is 12.4. The second kappa shape index (κ2) is 7.15. The van der Waals surface area contributed by atoms with Crippen molar-refractivity contribution in [3.63, 3.8) is 0 Å². The molecular weight excluding hydrogens is 306 g/mol. The van der Waals surface area contributed by atoms with Gasteiger partial charge in [0, 0.05) is 12.1 Å². The Kier molecular flexibility index (Phi) is 4.97. The van der Waals surface area contributed by atoms with Crippen molar-refractivity contribution in [2.75, 3.05) is 0 Å². The van der Waals surface area contributed by atoms with E-state index < -0.39 is 0 Å². The molecule has 1 saturated carbocycles. The first-order valence-corrected chi connectivity index (χ1v) is 8.70. The molecule has 1 aliphatic rings. The summed E-state index contributed by atoms with van der Waals surface area (Å²) in [6, 6.07) is 1.92. The highest BCUT2D eigenvalue weighted by atomic mass is 16.5. The summed E-state index contributed by atoms with van der Waals surface area (Å²) in [7, 11) is 0. The Hall–Kier alpha value is -2.18. The predicted octanol–water partition coefficient (Wildman–Crippen LogP) is 3.07. The number of rotatable bonds is 6. The predicted molar refractivity (Wildman–Crippen MR) is 88.5 cm³/mol. The van der Waals surface area contributed by atoms with Gasteiger partial charge in [0.05, 0.1) is 11.7 Å². The number of nitrogens with one attached hydrogen (secondary N) is 1. The molecule has 7 heteroatoms. The summed E-state index contributed by atoms with van der Waals surface area (Å²) in [5.74, 6) is 1.22. The third-order valence-electron chi connectivity index (χ3n) is 4.45. The van der Waals surface area contributed by atoms with Crippen LogP contribution < -0.4 is 5.32 Å². The topological polar surface area (TPSA) is 85.8 Å². The van der Waals surface area contributed by atoms with Crippen LogP contribution in [0.25, 0.3) is 0 Å². The molecular formula is C17H25N5O2. The van der Waals surface area contributed by atoms with Crippen molar-refractivity contribution >= 4 is 5.91 Å². The Morgan fingerprint density at radius 1 is 1.38 bits per heavy atom. The summed E-state index contributed by atoms with van der Waals surface area (Å²) in [6.45, 7) is 6.12. The minimum atomic E-state index is -0.272. The van der Waals surface area contributed by atoms with Gasteiger partial charge in [-0.1, -0.05) is 31.8 Å². The summed E-state index contributed by atoms with van der Waals surface area (Å²) >= 11 is 0. The fraction of sp³-hybridized carbons (Fsp3) is 0.647. The van der Waals surface area contributed by atoms with Gasteiger partial charge in [0.15, 0.2) is 5.82 Å². The van der Waals surface area contributed by atoms with Crippen LogP contribution in [0, 0.1) is 5.92 Å². The standard InChI is InChI=1S/C17H25N5O2/c1-11(2)8-13-9-15(24-21-13)17(23)19-12(3)16-20-18-10-22(16)14-6-4-5-7-14/h9-12,14H,4-8H2,1-3H3,(H,19,23)/t12-/m0/s1. The molecule has 1 N–H and O–H groups in total. The van der Waals surface area contributed by atoms with Gasteiger partial charge in [0.2, 0.25) is 5.76 Å². The second-order valence-electron chi connectivity index (χ2n) is 7.01. The van der Waals surface area contributed by atoms with E-state index in [-0.39, 0.29) is 17.7 Å². The monoisotopic (exact) mass is 331 g/mol. The SMILES string of the molecule is CC(C)Cc1cc(C(=O)N[C@@H](C)c2nncn2C2CCCC2)on1. The van der Waals surface area contributed by atoms with Crippen LogP contribution in [-0.2, 0) is 6.42 Å². The van der Waals surface area contributed by atoms with Crippen LogP contribution in [0.3, 0.4) is 0 Å². The first kappa shape index (κ1) is 16.7. The average molecular weight is 331 g/mol. The Bertz CT molecular complexity index is 685. The number of amides is 1. The highest BCUT2D eigenvalue weighted by molar-refractivity contribution is 5.91. The van der Waals surface area contributed by atoms with E-state index in [1.165, 1.54) is 12.8 Å². The Morgan fingerprint density at radius 3 is 2.83 bits per heavy atom. The van der Waals surface area contributed by atoms with Gasteiger partial charge in [-0.15, -0.1) is 10.2 Å². The molecule has 2 heterocycles. The van der Waals surface area contributed by atoms with Crippen LogP contribution in [-0.4, -0.2) is 25.8 Å². The third kappa shape index (κ3) is 3.66. The average Bonchev–Trinajstić information content (AvgIpc) is 3.27. The molecule has 0 saturated heterocycles. The smallest absolute Gasteiger partial charge is 0.290 e. The van der Waals surface area contributed by atoms with Gasteiger partial charge in [-0.2, -0.15) is 0 Å². The maximum absolute atomic E-state index is 12.4. The van der Waals surface area contributed by atoms with Crippen LogP contribution in [0.15, 0.2) is 16.9 Å². The van der Waals surface area contributed by atoms with Gasteiger partial charge < -0.3 is 14.4 Å². The van der Waals surface area contributed by atoms with E-state index in [0.29, 0.717) is 12.0 Å². The molecule has 24 heavy (non-hydrogen) atoms. The Balaban J connectivity index is 1.66. The van der Waals surface area contributed by atoms with E-state index in [0.717, 1.165) is 30.8 Å². The fourth-order valence-corrected chi connectivity index (χ4v) is 3.29. The van der Waals surface area contributed by atoms with E-state index in [9.17, 15) is 4.79 Å². The summed E-state index contributed by atoms with van der Waals surface area (Å²) in [4.78, 5) is 12.4. The number of hydrogen-bond donors (Lipinski definition) is 1. The summed E-state index contributed by atoms with van der Waals surface area (Å²) in [5.41, 5.74) is 0.803. The zero-order valence-corrected chi connectivity index (χ0v) is 14.5. The lowest BCUT2D eigenvalue weighted by Gasteiger charge is -2.18. The normalized spacial score (nSPS) is 16.7. The van der Waals surface area contributed by atoms with Crippen molar-refractivity contribution < 1.29 is 9.32 Å². The Labute approximate surface area is 141 Å². The van der Waals surface area contributed by atoms with Crippen LogP contribution >= 0.6 is 0 Å². The Morgan fingerprint density at radius 2 is 2.12 bits per heavy atom. The van der Waals surface area contributed by atoms with Crippen molar-refractivity contribution in [3.8, 4) is 0 Å². The van der Waals surface area contributed by atoms with Crippen molar-refractivity contribution in [2.24, 2.45) is 5.92 Å². The molecule has 0 radical (unpaired) electrons. The minimum Gasteiger partial charge on any atom is -0.351 e. The van der Waals surface area contributed by atoms with Crippen molar-refractivity contribution in [1.82, 2.24) is 25.2 Å². The molecule has 0 aliphatic heterocycles. The van der Waals surface area contributed by atoms with Crippen molar-refractivity contribution in [1.29, 1.82) is 0 Å². The van der Waals surface area contributed by atoms with Crippen LogP contribution in [0.2, 0.25) is 0 Å². The van der Waals surface area contributed by atoms with Gasteiger partial charge in [-0.05, 0) is 32.1 Å². The van der Waals surface area contributed by atoms with E-state index in [4.69, 9.17) is 4.52 Å². The molecule has 0 bridgehead atoms. The molecule has 1 aliphatic carbocycles. The van der Waals surface area contributed by atoms with Crippen LogP contribution in [0.1, 0.15) is 80.6 Å². The van der Waals surface area contributed by atoms with Crippen LogP contribution in [0.4, 0.5) is 0 Å². The summed E-state index contributed by atoms with van der Waals surface area (Å²) in [5, 5.41) is 15.1. The van der Waals surface area contributed by atoms with Gasteiger partial charge in [-0.25, -0.2) is 0 Å². The minimum absolute atomic E-state index is 0.237. The molecule has 1 amide bonds. The number of aromatic nitrogens is 4. The largest absolute Gasteiger partial charge is 0.351 e. The molecule has 1 fully saturated rings. The van der Waals surface area contributed by atoms with Crippen molar-refractivity contribution in [3.05, 3.63) is 29.7 Å². The second-order valence-corrected chi connectivity index (χ2v) is 7.01. The first-order chi connectivity index (χ1) is 11.5. The molecule has 1 atom stereocenters. The molecule has 2 aromatic rings. The van der Waals surface area contributed by atoms with E-state index in [1.54, 1.807) is 12.4 Å². The van der Waals surface area contributed by atoms with Crippen molar-refractivity contribution in [2.45, 2.75) is 65.0 Å². The highest BCUT2D eigenvalue weighted by Gasteiger charge is 2.24. The maximum Gasteiger partial charge on any atom is 0.290 e. The summed E-state index contributed by atoms with van der Waals surface area (Å²) < 4.78 is 7.27. The molecule has 2 aromatic heterocycles. The first-order valence-electron chi connectivity index (χ1n) is 8.70. The highest BCUT2D eigenvalue weighted by Crippen LogP contribution is 2.31. The van der Waals surface area contributed by atoms with Gasteiger partial charge in [0.1, 0.15) is 6.33 Å². The molecule has 0 aromatic carbocycles. The van der Waals surface area contributed by atoms with E-state index in [2.05, 4.69) is 39.1 Å². The molecule has 130 valence electrons. The van der Waals surface area contributed by atoms with Gasteiger partial charge >= 0.3 is 0 Å². The number of carbonyl (C=O) groups is 1. The lowest BCUT2D eigenvalue weighted by atomic mass is 10.1. The lowest BCUT2D eigenvalue weighted by molar-refractivity contribution is 0.0899. The van der Waals surface area contributed by atoms with Crippen LogP contribution in [0.5, 0.6) is 0 Å². The lowest BCUT2D eigenvalue weighted by Crippen LogP contribution is -2.29. The van der Waals surface area contributed by atoms with E-state index >= 15 is 0 Å². The molecule has 3 rings (SSSR count). The number of nitrogens with zero attached hydrogens (tertiary/aromatic N) is 4.